The van der Waals surface area contributed by atoms with Gasteiger partial charge in [-0.2, -0.15) is 4.91 Å². The van der Waals surface area contributed by atoms with Gasteiger partial charge in [0.25, 0.3) is 0 Å². The fourth-order valence-corrected chi connectivity index (χ4v) is 2.17. The molecule has 0 aliphatic heterocycles. The monoisotopic (exact) mass is 305 g/mol. The normalized spacial score (nSPS) is 11.9. The Hall–Kier alpha value is -2.63. The number of carboxylic acid groups (broad SMARTS) is 1. The van der Waals surface area contributed by atoms with E-state index in [0.29, 0.717) is 11.1 Å². The van der Waals surface area contributed by atoms with Crippen LogP contribution in [0, 0.1) is 16.5 Å². The smallest absolute Gasteiger partial charge is 0.303 e. The Morgan fingerprint density at radius 2 is 1.86 bits per heavy atom. The molecule has 0 bridgehead atoms. The van der Waals surface area contributed by atoms with Gasteiger partial charge in [-0.25, -0.2) is 8.78 Å². The number of halogens is 2. The molecule has 0 fully saturated rings. The van der Waals surface area contributed by atoms with Crippen LogP contribution in [0.5, 0.6) is 0 Å². The van der Waals surface area contributed by atoms with Gasteiger partial charge in [0.2, 0.25) is 0 Å². The van der Waals surface area contributed by atoms with Crippen LogP contribution in [-0.2, 0) is 4.79 Å². The van der Waals surface area contributed by atoms with Crippen molar-refractivity contribution in [2.75, 3.05) is 0 Å². The number of rotatable bonds is 6. The van der Waals surface area contributed by atoms with Crippen LogP contribution in [0.15, 0.2) is 47.6 Å². The zero-order chi connectivity index (χ0) is 16.1. The van der Waals surface area contributed by atoms with Gasteiger partial charge >= 0.3 is 5.97 Å². The van der Waals surface area contributed by atoms with Crippen molar-refractivity contribution in [3.63, 3.8) is 0 Å². The molecule has 1 N–H and O–H groups in total. The van der Waals surface area contributed by atoms with Crippen molar-refractivity contribution in [3.05, 3.63) is 64.6 Å². The van der Waals surface area contributed by atoms with Crippen LogP contribution in [0.1, 0.15) is 24.4 Å². The second-order valence-electron chi connectivity index (χ2n) is 4.80. The lowest BCUT2D eigenvalue weighted by atomic mass is 9.98. The molecule has 0 saturated carbocycles. The Morgan fingerprint density at radius 3 is 2.45 bits per heavy atom. The zero-order valence-corrected chi connectivity index (χ0v) is 11.5. The summed E-state index contributed by atoms with van der Waals surface area (Å²) in [6, 6.07) is 8.76. The summed E-state index contributed by atoms with van der Waals surface area (Å²) in [6.07, 6.45) is -0.351. The van der Waals surface area contributed by atoms with E-state index in [1.54, 1.807) is 12.1 Å². The summed E-state index contributed by atoms with van der Waals surface area (Å²) in [5.74, 6) is -2.18. The summed E-state index contributed by atoms with van der Waals surface area (Å²) in [6.45, 7) is 0. The van der Waals surface area contributed by atoms with Crippen molar-refractivity contribution < 1.29 is 18.7 Å². The molecule has 0 heterocycles. The van der Waals surface area contributed by atoms with Crippen molar-refractivity contribution in [2.45, 2.75) is 18.9 Å². The van der Waals surface area contributed by atoms with Crippen molar-refractivity contribution >= 4 is 5.97 Å². The van der Waals surface area contributed by atoms with Crippen molar-refractivity contribution in [1.82, 2.24) is 0 Å². The van der Waals surface area contributed by atoms with E-state index in [4.69, 9.17) is 5.11 Å². The minimum Gasteiger partial charge on any atom is -0.481 e. The second kappa shape index (κ2) is 6.89. The molecular weight excluding hydrogens is 292 g/mol. The maximum atomic E-state index is 14.2. The van der Waals surface area contributed by atoms with Gasteiger partial charge in [-0.1, -0.05) is 29.4 Å². The number of carboxylic acids is 1. The van der Waals surface area contributed by atoms with E-state index in [9.17, 15) is 18.5 Å². The largest absolute Gasteiger partial charge is 0.481 e. The molecule has 0 spiro atoms. The molecule has 22 heavy (non-hydrogen) atoms. The number of carbonyl (C=O) groups is 1. The Labute approximate surface area is 125 Å². The van der Waals surface area contributed by atoms with Crippen LogP contribution >= 0.6 is 0 Å². The van der Waals surface area contributed by atoms with Crippen LogP contribution in [0.2, 0.25) is 0 Å². The molecule has 6 heteroatoms. The molecule has 4 nitrogen and oxygen atoms in total. The first-order chi connectivity index (χ1) is 10.5. The summed E-state index contributed by atoms with van der Waals surface area (Å²) in [5, 5.41) is 11.4. The molecule has 2 aromatic carbocycles. The summed E-state index contributed by atoms with van der Waals surface area (Å²) >= 11 is 0. The number of benzene rings is 2. The number of nitrogens with zero attached hydrogens (tertiary/aromatic N) is 1. The summed E-state index contributed by atoms with van der Waals surface area (Å²) < 4.78 is 27.3. The average Bonchev–Trinajstić information content (AvgIpc) is 2.48. The molecule has 1 unspecified atom stereocenters. The highest BCUT2D eigenvalue weighted by molar-refractivity contribution is 5.67. The highest BCUT2D eigenvalue weighted by Gasteiger charge is 2.18. The second-order valence-corrected chi connectivity index (χ2v) is 4.80. The van der Waals surface area contributed by atoms with Crippen LogP contribution in [0.3, 0.4) is 0 Å². The first-order valence-electron chi connectivity index (χ1n) is 6.61. The van der Waals surface area contributed by atoms with Crippen LogP contribution in [0.4, 0.5) is 8.78 Å². The predicted molar refractivity (Wildman–Crippen MR) is 77.2 cm³/mol. The van der Waals surface area contributed by atoms with Crippen LogP contribution in [-0.4, -0.2) is 11.1 Å². The summed E-state index contributed by atoms with van der Waals surface area (Å²) in [5.41, 5.74) is 1.01. The molecule has 2 aromatic rings. The Balaban J connectivity index is 2.29. The fraction of sp³-hybridized carbons (Fsp3) is 0.188. The van der Waals surface area contributed by atoms with Gasteiger partial charge in [-0.3, -0.25) is 4.79 Å². The zero-order valence-electron chi connectivity index (χ0n) is 11.5. The fourth-order valence-electron chi connectivity index (χ4n) is 2.17. The van der Waals surface area contributed by atoms with Crippen LogP contribution < -0.4 is 0 Å². The van der Waals surface area contributed by atoms with Crippen LogP contribution in [0.25, 0.3) is 11.1 Å². The number of nitroso groups, excluding NO2 is 1. The van der Waals surface area contributed by atoms with Gasteiger partial charge in [-0.15, -0.1) is 0 Å². The van der Waals surface area contributed by atoms with E-state index in [1.807, 2.05) is 0 Å². The molecule has 114 valence electrons. The third-order valence-corrected chi connectivity index (χ3v) is 3.28. The maximum absolute atomic E-state index is 14.2. The number of hydrogen-bond donors (Lipinski definition) is 1. The van der Waals surface area contributed by atoms with Gasteiger partial charge in [-0.05, 0) is 35.7 Å². The van der Waals surface area contributed by atoms with E-state index in [1.165, 1.54) is 30.3 Å². The SMILES string of the molecule is O=NC(CCC(=O)O)c1ccc(-c2cccc(F)c2)cc1F. The minimum atomic E-state index is -1.08. The van der Waals surface area contributed by atoms with Gasteiger partial charge in [0.05, 0.1) is 0 Å². The lowest BCUT2D eigenvalue weighted by Gasteiger charge is -2.11. The van der Waals surface area contributed by atoms with Gasteiger partial charge in [0, 0.05) is 12.0 Å². The van der Waals surface area contributed by atoms with Crippen molar-refractivity contribution in [1.29, 1.82) is 0 Å². The quantitative estimate of drug-likeness (QED) is 0.809. The van der Waals surface area contributed by atoms with Gasteiger partial charge < -0.3 is 5.11 Å². The molecule has 0 amide bonds. The number of hydrogen-bond acceptors (Lipinski definition) is 3. The maximum Gasteiger partial charge on any atom is 0.303 e. The lowest BCUT2D eigenvalue weighted by molar-refractivity contribution is -0.137. The molecule has 1 atom stereocenters. The summed E-state index contributed by atoms with van der Waals surface area (Å²) in [4.78, 5) is 21.3. The Bertz CT molecular complexity index is 704. The average molecular weight is 305 g/mol. The van der Waals surface area contributed by atoms with E-state index in [2.05, 4.69) is 5.18 Å². The molecule has 0 radical (unpaired) electrons. The van der Waals surface area contributed by atoms with Gasteiger partial charge in [0.15, 0.2) is 0 Å². The molecule has 0 aliphatic rings. The van der Waals surface area contributed by atoms with Crippen molar-refractivity contribution in [3.8, 4) is 11.1 Å². The molecule has 2 rings (SSSR count). The first kappa shape index (κ1) is 15.8. The molecular formula is C16H13F2NO3. The van der Waals surface area contributed by atoms with E-state index >= 15 is 0 Å². The Morgan fingerprint density at radius 1 is 1.14 bits per heavy atom. The van der Waals surface area contributed by atoms with Crippen molar-refractivity contribution in [2.24, 2.45) is 5.18 Å². The highest BCUT2D eigenvalue weighted by Crippen LogP contribution is 2.29. The third kappa shape index (κ3) is 3.72. The summed E-state index contributed by atoms with van der Waals surface area (Å²) in [7, 11) is 0. The molecule has 0 saturated heterocycles. The minimum absolute atomic E-state index is 0.0383. The predicted octanol–water partition coefficient (Wildman–Crippen LogP) is 4.30. The first-order valence-corrected chi connectivity index (χ1v) is 6.61. The topological polar surface area (TPSA) is 66.7 Å². The van der Waals surface area contributed by atoms with E-state index in [-0.39, 0.29) is 18.4 Å². The highest BCUT2D eigenvalue weighted by atomic mass is 19.1. The molecule has 0 aliphatic carbocycles. The Kier molecular flexibility index (Phi) is 4.93. The standard InChI is InChI=1S/C16H13F2NO3/c17-12-3-1-2-10(8-12)11-4-5-13(14(18)9-11)15(19-22)6-7-16(20)21/h1-5,8-9,15H,6-7H2,(H,20,21). The molecule has 0 aromatic heterocycles. The lowest BCUT2D eigenvalue weighted by Crippen LogP contribution is -2.03. The van der Waals surface area contributed by atoms with Gasteiger partial charge in [0.1, 0.15) is 17.7 Å². The third-order valence-electron chi connectivity index (χ3n) is 3.28. The van der Waals surface area contributed by atoms with E-state index in [0.717, 1.165) is 0 Å². The number of aliphatic carboxylic acids is 1. The van der Waals surface area contributed by atoms with E-state index < -0.39 is 23.6 Å².